The van der Waals surface area contributed by atoms with Crippen molar-refractivity contribution in [3.63, 3.8) is 0 Å². The Labute approximate surface area is 600 Å². The van der Waals surface area contributed by atoms with Gasteiger partial charge in [-0.2, -0.15) is 17.6 Å². The van der Waals surface area contributed by atoms with Gasteiger partial charge < -0.3 is 43.3 Å². The Morgan fingerprint density at radius 2 is 1.07 bits per heavy atom. The highest BCUT2D eigenvalue weighted by Gasteiger charge is 2.67. The number of nitrogens with zero attached hydrogens (tertiary/aromatic N) is 6. The first-order valence-electron chi connectivity index (χ1n) is 36.2. The minimum absolute atomic E-state index is 0.0163. The van der Waals surface area contributed by atoms with Crippen LogP contribution in [0.5, 0.6) is 23.3 Å². The number of ketones is 1. The Morgan fingerprint density at radius 3 is 1.45 bits per heavy atom. The van der Waals surface area contributed by atoms with Gasteiger partial charge in [0.1, 0.15) is 42.0 Å². The normalized spacial score (nSPS) is 30.7. The van der Waals surface area contributed by atoms with Gasteiger partial charge in [0, 0.05) is 49.1 Å². The second-order valence-corrected chi connectivity index (χ2v) is 34.3. The summed E-state index contributed by atoms with van der Waals surface area (Å²) in [6.45, 7) is 15.0. The third-order valence-corrected chi connectivity index (χ3v) is 24.9. The fourth-order valence-corrected chi connectivity index (χ4v) is 16.9. The summed E-state index contributed by atoms with van der Waals surface area (Å²) in [6, 6.07) is 6.56. The average molecular weight is 1480 g/mol. The molecule has 4 saturated carbocycles. The Kier molecular flexibility index (Phi) is 21.8. The molecule has 2 aromatic heterocycles. The van der Waals surface area contributed by atoms with Crippen LogP contribution in [0.4, 0.5) is 26.3 Å². The van der Waals surface area contributed by atoms with E-state index in [1.807, 2.05) is 25.5 Å². The van der Waals surface area contributed by atoms with E-state index in [9.17, 15) is 55.9 Å². The fourth-order valence-electron chi connectivity index (χ4n) is 15.6. The number of esters is 2. The van der Waals surface area contributed by atoms with Crippen molar-refractivity contribution >= 4 is 73.5 Å². The minimum atomic E-state index is -4.27. The van der Waals surface area contributed by atoms with Crippen molar-refractivity contribution in [3.05, 3.63) is 47.8 Å². The van der Waals surface area contributed by atoms with Crippen molar-refractivity contribution in [3.8, 4) is 23.3 Å². The van der Waals surface area contributed by atoms with Gasteiger partial charge in [0.2, 0.25) is 45.9 Å². The molecule has 0 radical (unpaired) electrons. The number of amides is 3. The molecule has 3 amide bonds. The molecular formula is C74H95F6N7O16S. The summed E-state index contributed by atoms with van der Waals surface area (Å²) in [7, 11) is -1.36. The molecule has 14 atom stereocenters. The van der Waals surface area contributed by atoms with Crippen LogP contribution in [-0.2, 0) is 64.9 Å². The van der Waals surface area contributed by atoms with Gasteiger partial charge in [-0.05, 0) is 124 Å². The summed E-state index contributed by atoms with van der Waals surface area (Å²) >= 11 is 0. The number of benzene rings is 2. The van der Waals surface area contributed by atoms with Gasteiger partial charge in [-0.3, -0.25) is 33.5 Å². The molecule has 4 aliphatic heterocycles. The van der Waals surface area contributed by atoms with Crippen LogP contribution in [0.3, 0.4) is 0 Å². The molecule has 0 unspecified atom stereocenters. The Balaban J connectivity index is 0.000000218. The number of rotatable bonds is 12. The molecular weight excluding hydrogens is 1390 g/mol. The number of hydrogen-bond donors (Lipinski definition) is 2. The number of sulfonamides is 1. The number of alkyl halides is 6. The number of carbonyl (C=O) groups excluding carboxylic acids is 6. The summed E-state index contributed by atoms with van der Waals surface area (Å²) in [5, 5.41) is 10.3. The fraction of sp³-hybridized carbons (Fsp3) is 0.689. The zero-order valence-electron chi connectivity index (χ0n) is 60.6. The molecule has 2 N–H and O–H groups in total. The number of fused-ring (bicyclic) bond motifs is 10. The van der Waals surface area contributed by atoms with Crippen molar-refractivity contribution in [1.82, 2.24) is 34.5 Å². The molecule has 4 aliphatic carbocycles. The van der Waals surface area contributed by atoms with Crippen LogP contribution >= 0.6 is 0 Å². The van der Waals surface area contributed by atoms with Crippen molar-refractivity contribution in [2.75, 3.05) is 27.3 Å². The summed E-state index contributed by atoms with van der Waals surface area (Å²) in [4.78, 5) is 117. The molecule has 6 heterocycles. The highest BCUT2D eigenvalue weighted by molar-refractivity contribution is 7.91. The standard InChI is InChI=1S/C42H54F4N4O9S.C32H41F2N3O7/c1-7-24-31-21-50(33(24)29(51)20-41(19-26(41)35(43)44)38(54)49-60(55,56)40(5)14-15-40)37(53)25(39(2,3)4)18-32(52)58-30-16-22(30)10-8-9-13-42(45,46)34-36(59-31)48-28-17-23(57-6)11-12-27(28)47-34;1-6-19-24-16-37(26(19)30(40)41)29(39)20(31(2,3)4)15-25(38)43-23-13-17(23)9-7-8-12-32(33,34)27-28(44-24)36-22-14-18(42-5)10-11-21(22)35-27/h11-12,17,22,24-26,30-31,33,35H,7-10,13-16,18-21H2,1-6H3,(H,49,54);10-11,14,17,19-20,23-24,26H,6-9,12-13,15-16H2,1-5H3,(H,40,41)/t22-,24-,25-,26+,30-,31+,33+,41-;17-,19-,20-,23-,24+,26+/m11/s1. The van der Waals surface area contributed by atoms with E-state index in [1.54, 1.807) is 58.9 Å². The molecule has 4 bridgehead atoms. The van der Waals surface area contributed by atoms with E-state index in [0.717, 1.165) is 0 Å². The molecule has 104 heavy (non-hydrogen) atoms. The van der Waals surface area contributed by atoms with E-state index in [2.05, 4.69) is 19.9 Å². The lowest BCUT2D eigenvalue weighted by Gasteiger charge is -2.35. The SMILES string of the molecule is CC[C@@H]1[C@@H]2CN(C(=O)[C@H](C(C)(C)C)CC(=O)O[C@@H]3C[C@H]3CCCCC(F)(F)c3nc4ccc(OC)cc4nc3O2)[C@@H]1C(=O)C[C@]1(C(=O)NS(=O)(=O)C2(C)CC2)C[C@H]1C(F)F.CC[C@@H]1[C@@H]2CN(C(=O)[C@H](C(C)(C)C)CC(=O)O[C@@H]3C[C@H]3CCCCC(F)(F)c3nc4ccc(OC)cc4nc3O2)[C@@H]1C(=O)O. The van der Waals surface area contributed by atoms with Gasteiger partial charge >= 0.3 is 17.9 Å². The molecule has 2 saturated heterocycles. The third kappa shape index (κ3) is 16.2. The van der Waals surface area contributed by atoms with Crippen molar-refractivity contribution in [2.24, 2.45) is 57.7 Å². The zero-order valence-corrected chi connectivity index (χ0v) is 61.4. The number of carboxylic acids is 1. The smallest absolute Gasteiger partial charge is 0.326 e. The molecule has 0 spiro atoms. The molecule has 2 aromatic carbocycles. The maximum absolute atomic E-state index is 16.4. The predicted molar refractivity (Wildman–Crippen MR) is 364 cm³/mol. The lowest BCUT2D eigenvalue weighted by atomic mass is 9.77. The number of Topliss-reactive ketones (excluding diaryl/α,β-unsaturated/α-hetero) is 1. The average Bonchev–Trinajstić information content (AvgIpc) is 1.55. The molecule has 6 fully saturated rings. The number of methoxy groups -OCH3 is 2. The molecule has 12 rings (SSSR count). The van der Waals surface area contributed by atoms with E-state index >= 15 is 17.6 Å². The summed E-state index contributed by atoms with van der Waals surface area (Å²) < 4.78 is 155. The molecule has 570 valence electrons. The highest BCUT2D eigenvalue weighted by atomic mass is 32.2. The maximum Gasteiger partial charge on any atom is 0.326 e. The summed E-state index contributed by atoms with van der Waals surface area (Å²) in [5.41, 5.74) is -4.16. The van der Waals surface area contributed by atoms with Crippen LogP contribution in [0, 0.1) is 57.7 Å². The van der Waals surface area contributed by atoms with Crippen LogP contribution in [0.25, 0.3) is 22.1 Å². The number of carboxylic acid groups (broad SMARTS) is 1. The first kappa shape index (κ1) is 77.4. The van der Waals surface area contributed by atoms with E-state index < -0.39 is 200 Å². The van der Waals surface area contributed by atoms with Gasteiger partial charge in [-0.1, -0.05) is 68.2 Å². The lowest BCUT2D eigenvalue weighted by Crippen LogP contribution is -2.50. The van der Waals surface area contributed by atoms with Crippen LogP contribution in [-0.4, -0.2) is 160 Å². The number of halogens is 6. The van der Waals surface area contributed by atoms with Crippen molar-refractivity contribution in [2.45, 2.75) is 237 Å². The van der Waals surface area contributed by atoms with Gasteiger partial charge in [-0.25, -0.2) is 41.9 Å². The quantitative estimate of drug-likeness (QED) is 0.0983. The summed E-state index contributed by atoms with van der Waals surface area (Å²) in [5.74, 6) is -17.7. The Hall–Kier alpha value is -7.66. The molecule has 4 aromatic rings. The van der Waals surface area contributed by atoms with Crippen LogP contribution in [0.15, 0.2) is 36.4 Å². The number of carbonyl (C=O) groups is 7. The second-order valence-electron chi connectivity index (χ2n) is 32.2. The van der Waals surface area contributed by atoms with E-state index in [-0.39, 0.29) is 104 Å². The third-order valence-electron chi connectivity index (χ3n) is 22.7. The molecule has 30 heteroatoms. The van der Waals surface area contributed by atoms with Gasteiger partial charge in [0.25, 0.3) is 11.8 Å². The van der Waals surface area contributed by atoms with E-state index in [0.29, 0.717) is 50.0 Å². The Bertz CT molecular complexity index is 4100. The number of hydrogen-bond acceptors (Lipinski definition) is 19. The number of aromatic nitrogens is 4. The number of aliphatic carboxylic acids is 1. The van der Waals surface area contributed by atoms with Crippen LogP contribution in [0.2, 0.25) is 0 Å². The van der Waals surface area contributed by atoms with Gasteiger partial charge in [-0.15, -0.1) is 0 Å². The van der Waals surface area contributed by atoms with Crippen molar-refractivity contribution < 1.29 is 102 Å². The topological polar surface area (TPSA) is 299 Å². The van der Waals surface area contributed by atoms with Crippen molar-refractivity contribution in [1.29, 1.82) is 0 Å². The number of nitrogens with one attached hydrogen (secondary N) is 1. The second kappa shape index (κ2) is 29.2. The molecule has 8 aliphatic rings. The first-order valence-corrected chi connectivity index (χ1v) is 37.7. The number of ether oxygens (including phenoxy) is 6. The van der Waals surface area contributed by atoms with E-state index in [1.165, 1.54) is 43.1 Å². The van der Waals surface area contributed by atoms with Gasteiger partial charge in [0.15, 0.2) is 17.2 Å². The first-order chi connectivity index (χ1) is 48.8. The Morgan fingerprint density at radius 1 is 0.635 bits per heavy atom. The highest BCUT2D eigenvalue weighted by Crippen LogP contribution is 2.60. The lowest BCUT2D eigenvalue weighted by molar-refractivity contribution is -0.157. The van der Waals surface area contributed by atoms with Crippen LogP contribution < -0.4 is 23.7 Å². The van der Waals surface area contributed by atoms with E-state index in [4.69, 9.17) is 28.4 Å². The van der Waals surface area contributed by atoms with Gasteiger partial charge in [0.05, 0.1) is 90.3 Å². The predicted octanol–water partition coefficient (Wildman–Crippen LogP) is 11.9. The minimum Gasteiger partial charge on any atom is -0.497 e. The largest absolute Gasteiger partial charge is 0.497 e. The zero-order chi connectivity index (χ0) is 75.7. The van der Waals surface area contributed by atoms with Crippen LogP contribution in [0.1, 0.15) is 189 Å². The summed E-state index contributed by atoms with van der Waals surface area (Å²) in [6.07, 6.45) is -4.22. The monoisotopic (exact) mass is 1480 g/mol. The maximum atomic E-state index is 16.4. The molecule has 23 nitrogen and oxygen atoms in total.